The van der Waals surface area contributed by atoms with Gasteiger partial charge in [-0.2, -0.15) is 0 Å². The van der Waals surface area contributed by atoms with Crippen molar-refractivity contribution in [2.45, 2.75) is 20.8 Å². The van der Waals surface area contributed by atoms with Crippen LogP contribution in [0.15, 0.2) is 53.4 Å². The largest absolute Gasteiger partial charge is 0.462 e. The summed E-state index contributed by atoms with van der Waals surface area (Å²) in [6, 6.07) is 15.2. The Morgan fingerprint density at radius 1 is 1.12 bits per heavy atom. The predicted octanol–water partition coefficient (Wildman–Crippen LogP) is 4.98. The highest BCUT2D eigenvalue weighted by atomic mass is 32.2. The molecule has 0 aromatic heterocycles. The van der Waals surface area contributed by atoms with E-state index in [4.69, 9.17) is 17.0 Å². The Labute approximate surface area is 198 Å². The first kappa shape index (κ1) is 23.8. The lowest BCUT2D eigenvalue weighted by molar-refractivity contribution is -0.121. The third-order valence-corrected chi connectivity index (χ3v) is 6.42. The number of rotatable bonds is 9. The van der Waals surface area contributed by atoms with Gasteiger partial charge in [-0.25, -0.2) is 4.79 Å². The maximum absolute atomic E-state index is 12.9. The molecule has 1 aliphatic rings. The number of benzene rings is 2. The van der Waals surface area contributed by atoms with Crippen molar-refractivity contribution in [3.63, 3.8) is 0 Å². The average Bonchev–Trinajstić information content (AvgIpc) is 3.06. The number of hydrogen-bond acceptors (Lipinski definition) is 7. The number of esters is 1. The zero-order chi connectivity index (χ0) is 23.1. The van der Waals surface area contributed by atoms with Crippen LogP contribution in [-0.4, -0.2) is 47.5 Å². The monoisotopic (exact) mass is 469 g/mol. The number of para-hydroxylation sites is 1. The maximum atomic E-state index is 12.9. The van der Waals surface area contributed by atoms with E-state index in [1.165, 1.54) is 16.7 Å². The molecule has 2 aromatic rings. The second-order valence-electron chi connectivity index (χ2n) is 6.97. The van der Waals surface area contributed by atoms with Crippen LogP contribution in [-0.2, 0) is 9.53 Å². The Kier molecular flexibility index (Phi) is 8.30. The average molecular weight is 470 g/mol. The molecule has 0 aliphatic carbocycles. The minimum Gasteiger partial charge on any atom is -0.462 e. The van der Waals surface area contributed by atoms with E-state index in [-0.39, 0.29) is 12.6 Å². The van der Waals surface area contributed by atoms with Crippen molar-refractivity contribution in [2.75, 3.05) is 36.6 Å². The first-order valence-corrected chi connectivity index (χ1v) is 11.8. The highest BCUT2D eigenvalue weighted by Crippen LogP contribution is 2.33. The molecule has 1 heterocycles. The van der Waals surface area contributed by atoms with Crippen LogP contribution < -0.4 is 10.2 Å². The van der Waals surface area contributed by atoms with E-state index in [9.17, 15) is 9.59 Å². The van der Waals surface area contributed by atoms with E-state index in [0.29, 0.717) is 27.1 Å². The Morgan fingerprint density at radius 2 is 1.81 bits per heavy atom. The van der Waals surface area contributed by atoms with Gasteiger partial charge in [-0.3, -0.25) is 9.69 Å². The quantitative estimate of drug-likeness (QED) is 0.316. The first-order chi connectivity index (χ1) is 15.5. The molecule has 1 saturated heterocycles. The Hall–Kier alpha value is -2.84. The van der Waals surface area contributed by atoms with Gasteiger partial charge >= 0.3 is 5.97 Å². The van der Waals surface area contributed by atoms with Crippen LogP contribution in [0.3, 0.4) is 0 Å². The lowest BCUT2D eigenvalue weighted by Gasteiger charge is -2.20. The number of nitrogens with zero attached hydrogens (tertiary/aromatic N) is 2. The van der Waals surface area contributed by atoms with Crippen molar-refractivity contribution in [2.24, 2.45) is 0 Å². The topological polar surface area (TPSA) is 61.9 Å². The van der Waals surface area contributed by atoms with Gasteiger partial charge in [0.05, 0.1) is 29.4 Å². The van der Waals surface area contributed by atoms with Crippen LogP contribution in [0.5, 0.6) is 0 Å². The molecule has 1 N–H and O–H groups in total. The van der Waals surface area contributed by atoms with Crippen molar-refractivity contribution in [1.29, 1.82) is 0 Å². The van der Waals surface area contributed by atoms with Gasteiger partial charge in [-0.15, -0.1) is 0 Å². The van der Waals surface area contributed by atoms with E-state index < -0.39 is 5.97 Å². The van der Waals surface area contributed by atoms with Gasteiger partial charge in [0.2, 0.25) is 0 Å². The number of ether oxygens (including phenoxy) is 1. The molecule has 1 aliphatic heterocycles. The molecule has 0 radical (unpaired) electrons. The van der Waals surface area contributed by atoms with E-state index in [2.05, 4.69) is 36.2 Å². The molecule has 1 amide bonds. The molecular formula is C24H27N3O3S2. The Balaban J connectivity index is 1.70. The molecular weight excluding hydrogens is 442 g/mol. The van der Waals surface area contributed by atoms with E-state index in [0.717, 1.165) is 24.3 Å². The summed E-state index contributed by atoms with van der Waals surface area (Å²) >= 11 is 6.70. The highest BCUT2D eigenvalue weighted by Gasteiger charge is 2.32. The van der Waals surface area contributed by atoms with Crippen LogP contribution in [0.4, 0.5) is 11.4 Å². The molecule has 2 aromatic carbocycles. The van der Waals surface area contributed by atoms with Gasteiger partial charge in [0.1, 0.15) is 4.32 Å². The van der Waals surface area contributed by atoms with Gasteiger partial charge in [-0.1, -0.05) is 48.2 Å². The van der Waals surface area contributed by atoms with Crippen LogP contribution in [0.1, 0.15) is 36.7 Å². The summed E-state index contributed by atoms with van der Waals surface area (Å²) in [6.07, 6.45) is 1.86. The van der Waals surface area contributed by atoms with E-state index in [1.807, 2.05) is 24.3 Å². The standard InChI is InChI=1S/C24H27N3O3S2/c1-4-26(5-2)18-13-11-17(12-14-18)15-21-22(28)27(24(31)32-21)16-25-20-10-8-7-9-19(20)23(29)30-6-3/h7-15,25H,4-6,16H2,1-3H3. The third kappa shape index (κ3) is 5.49. The van der Waals surface area contributed by atoms with Crippen molar-refractivity contribution in [3.05, 3.63) is 64.6 Å². The summed E-state index contributed by atoms with van der Waals surface area (Å²) in [7, 11) is 0. The summed E-state index contributed by atoms with van der Waals surface area (Å²) in [6.45, 7) is 8.37. The zero-order valence-electron chi connectivity index (χ0n) is 18.5. The van der Waals surface area contributed by atoms with Crippen LogP contribution >= 0.6 is 24.0 Å². The fourth-order valence-electron chi connectivity index (χ4n) is 3.35. The van der Waals surface area contributed by atoms with Crippen LogP contribution in [0.2, 0.25) is 0 Å². The number of thiocarbonyl (C=S) groups is 1. The lowest BCUT2D eigenvalue weighted by Crippen LogP contribution is -2.33. The number of carbonyl (C=O) groups is 2. The summed E-state index contributed by atoms with van der Waals surface area (Å²) in [5, 5.41) is 3.14. The normalized spacial score (nSPS) is 14.7. The number of anilines is 2. The second-order valence-corrected chi connectivity index (χ2v) is 8.65. The summed E-state index contributed by atoms with van der Waals surface area (Å²) < 4.78 is 5.58. The minimum absolute atomic E-state index is 0.158. The number of amides is 1. The van der Waals surface area contributed by atoms with Gasteiger partial charge in [-0.05, 0) is 56.7 Å². The van der Waals surface area contributed by atoms with Gasteiger partial charge in [0.25, 0.3) is 5.91 Å². The smallest absolute Gasteiger partial charge is 0.340 e. The van der Waals surface area contributed by atoms with E-state index >= 15 is 0 Å². The molecule has 8 heteroatoms. The molecule has 0 saturated carbocycles. The molecule has 168 valence electrons. The summed E-state index contributed by atoms with van der Waals surface area (Å²) in [4.78, 5) is 29.4. The van der Waals surface area contributed by atoms with Gasteiger partial charge in [0.15, 0.2) is 0 Å². The highest BCUT2D eigenvalue weighted by molar-refractivity contribution is 8.26. The first-order valence-electron chi connectivity index (χ1n) is 10.6. The van der Waals surface area contributed by atoms with Gasteiger partial charge in [0, 0.05) is 18.8 Å². The lowest BCUT2D eigenvalue weighted by atomic mass is 10.1. The van der Waals surface area contributed by atoms with Crippen LogP contribution in [0, 0.1) is 0 Å². The van der Waals surface area contributed by atoms with Crippen molar-refractivity contribution in [1.82, 2.24) is 4.90 Å². The molecule has 0 atom stereocenters. The second kappa shape index (κ2) is 11.2. The predicted molar refractivity (Wildman–Crippen MR) is 136 cm³/mol. The molecule has 32 heavy (non-hydrogen) atoms. The van der Waals surface area contributed by atoms with Crippen molar-refractivity contribution in [3.8, 4) is 0 Å². The number of carbonyl (C=O) groups excluding carboxylic acids is 2. The van der Waals surface area contributed by atoms with E-state index in [1.54, 1.807) is 25.1 Å². The fraction of sp³-hybridized carbons (Fsp3) is 0.292. The summed E-state index contributed by atoms with van der Waals surface area (Å²) in [5.41, 5.74) is 3.12. The third-order valence-electron chi connectivity index (χ3n) is 5.04. The molecule has 0 unspecified atom stereocenters. The SMILES string of the molecule is CCOC(=O)c1ccccc1NCN1C(=O)C(=Cc2ccc(N(CC)CC)cc2)SC1=S. The fourth-order valence-corrected chi connectivity index (χ4v) is 4.60. The summed E-state index contributed by atoms with van der Waals surface area (Å²) in [5.74, 6) is -0.567. The van der Waals surface area contributed by atoms with Crippen molar-refractivity contribution >= 4 is 57.6 Å². The maximum Gasteiger partial charge on any atom is 0.340 e. The molecule has 1 fully saturated rings. The number of nitrogens with one attached hydrogen (secondary N) is 1. The molecule has 6 nitrogen and oxygen atoms in total. The number of thioether (sulfide) groups is 1. The van der Waals surface area contributed by atoms with Crippen LogP contribution in [0.25, 0.3) is 6.08 Å². The molecule has 3 rings (SSSR count). The molecule has 0 spiro atoms. The van der Waals surface area contributed by atoms with Gasteiger partial charge < -0.3 is 15.0 Å². The number of hydrogen-bond donors (Lipinski definition) is 1. The van der Waals surface area contributed by atoms with Crippen molar-refractivity contribution < 1.29 is 14.3 Å². The minimum atomic E-state index is -0.408. The Morgan fingerprint density at radius 3 is 2.47 bits per heavy atom. The zero-order valence-corrected chi connectivity index (χ0v) is 20.1. The Bertz CT molecular complexity index is 1020. The molecule has 0 bridgehead atoms.